The smallest absolute Gasteiger partial charge is 0.161 e. The van der Waals surface area contributed by atoms with Crippen LogP contribution in [0.15, 0.2) is 57.5 Å². The number of benzene rings is 1. The van der Waals surface area contributed by atoms with Gasteiger partial charge in [0.15, 0.2) is 5.78 Å². The summed E-state index contributed by atoms with van der Waals surface area (Å²) in [5.74, 6) is 0.0318. The number of allylic oxidation sites excluding steroid dienone is 3. The van der Waals surface area contributed by atoms with Crippen LogP contribution in [0, 0.1) is 18.3 Å². The third-order valence-corrected chi connectivity index (χ3v) is 7.58. The Labute approximate surface area is 181 Å². The minimum Gasteiger partial charge on any atom is -0.384 e. The van der Waals surface area contributed by atoms with Crippen molar-refractivity contribution in [2.24, 2.45) is 5.73 Å². The molecular weight excluding hydrogens is 458 g/mol. The monoisotopic (exact) mass is 473 g/mol. The molecule has 1 aromatic heterocycles. The normalized spacial score (nSPS) is 19.7. The van der Waals surface area contributed by atoms with Gasteiger partial charge in [-0.1, -0.05) is 17.7 Å². The van der Waals surface area contributed by atoms with Gasteiger partial charge in [0.2, 0.25) is 0 Å². The van der Waals surface area contributed by atoms with E-state index in [1.165, 1.54) is 0 Å². The fraction of sp³-hybridized carbons (Fsp3) is 0.238. The van der Waals surface area contributed by atoms with E-state index in [1.807, 2.05) is 30.0 Å². The summed E-state index contributed by atoms with van der Waals surface area (Å²) >= 11 is 11.3. The number of hydrogen-bond donors (Lipinski definition) is 1. The van der Waals surface area contributed by atoms with Crippen LogP contribution in [0.1, 0.15) is 34.9 Å². The molecule has 4 rings (SSSR count). The van der Waals surface area contributed by atoms with E-state index >= 15 is 0 Å². The first-order valence-corrected chi connectivity index (χ1v) is 10.9. The molecule has 0 saturated carbocycles. The Kier molecular flexibility index (Phi) is 5.09. The van der Waals surface area contributed by atoms with Gasteiger partial charge in [0.1, 0.15) is 5.82 Å². The van der Waals surface area contributed by atoms with Gasteiger partial charge in [-0.15, -0.1) is 11.3 Å². The average molecular weight is 475 g/mol. The molecule has 4 nitrogen and oxygen atoms in total. The predicted octanol–water partition coefficient (Wildman–Crippen LogP) is 5.78. The van der Waals surface area contributed by atoms with Crippen LogP contribution < -0.4 is 10.6 Å². The van der Waals surface area contributed by atoms with Crippen molar-refractivity contribution >= 4 is 50.3 Å². The Morgan fingerprint density at radius 3 is 2.79 bits per heavy atom. The molecule has 1 aliphatic carbocycles. The predicted molar refractivity (Wildman–Crippen MR) is 116 cm³/mol. The van der Waals surface area contributed by atoms with E-state index in [-0.39, 0.29) is 5.78 Å². The molecule has 0 fully saturated rings. The molecule has 2 N–H and O–H groups in total. The first-order valence-electron chi connectivity index (χ1n) is 8.90. The maximum atomic E-state index is 13.0. The van der Waals surface area contributed by atoms with Gasteiger partial charge in [-0.2, -0.15) is 5.26 Å². The number of halogens is 2. The summed E-state index contributed by atoms with van der Waals surface area (Å²) in [4.78, 5) is 16.9. The molecule has 0 radical (unpaired) electrons. The third kappa shape index (κ3) is 3.08. The first-order chi connectivity index (χ1) is 13.4. The van der Waals surface area contributed by atoms with Gasteiger partial charge in [-0.05, 0) is 60.0 Å². The quantitative estimate of drug-likeness (QED) is 0.599. The zero-order chi connectivity index (χ0) is 20.0. The van der Waals surface area contributed by atoms with Crippen molar-refractivity contribution < 1.29 is 4.79 Å². The van der Waals surface area contributed by atoms with Gasteiger partial charge in [0.25, 0.3) is 0 Å². The number of carbonyl (C=O) groups is 1. The second-order valence-corrected chi connectivity index (χ2v) is 9.43. The lowest BCUT2D eigenvalue weighted by molar-refractivity contribution is -0.116. The van der Waals surface area contributed by atoms with Gasteiger partial charge < -0.3 is 5.73 Å². The number of hydrogen-bond acceptors (Lipinski definition) is 5. The zero-order valence-corrected chi connectivity index (χ0v) is 18.3. The second-order valence-electron chi connectivity index (χ2n) is 6.85. The molecule has 2 aromatic rings. The van der Waals surface area contributed by atoms with Crippen LogP contribution in [0.4, 0.5) is 5.69 Å². The molecular formula is C21H17BrClN3OS. The third-order valence-electron chi connectivity index (χ3n) is 5.14. The summed E-state index contributed by atoms with van der Waals surface area (Å²) in [6, 6.07) is 11.6. The SMILES string of the molecule is Cc1sc(C2C(C#N)=C(N)N(c3cccc(Cl)c3)C3=C2C(=O)CCC3)cc1Br. The van der Waals surface area contributed by atoms with Gasteiger partial charge in [0.05, 0.1) is 17.6 Å². The van der Waals surface area contributed by atoms with Crippen molar-refractivity contribution in [3.63, 3.8) is 0 Å². The van der Waals surface area contributed by atoms with Crippen molar-refractivity contribution in [3.8, 4) is 6.07 Å². The van der Waals surface area contributed by atoms with Gasteiger partial charge in [-0.3, -0.25) is 9.69 Å². The maximum Gasteiger partial charge on any atom is 0.161 e. The number of carbonyl (C=O) groups excluding carboxylic acids is 1. The Hall–Kier alpha value is -2.07. The van der Waals surface area contributed by atoms with Gasteiger partial charge >= 0.3 is 0 Å². The number of nitrogens with zero attached hydrogens (tertiary/aromatic N) is 2. The van der Waals surface area contributed by atoms with E-state index in [2.05, 4.69) is 22.0 Å². The fourth-order valence-electron chi connectivity index (χ4n) is 3.90. The molecule has 1 aromatic carbocycles. The van der Waals surface area contributed by atoms with Crippen LogP contribution in [0.5, 0.6) is 0 Å². The molecule has 0 amide bonds. The Balaban J connectivity index is 1.98. The lowest BCUT2D eigenvalue weighted by Crippen LogP contribution is -2.38. The molecule has 2 aliphatic rings. The molecule has 1 aliphatic heterocycles. The van der Waals surface area contributed by atoms with Crippen molar-refractivity contribution in [1.82, 2.24) is 0 Å². The van der Waals surface area contributed by atoms with E-state index in [9.17, 15) is 10.1 Å². The standard InChI is InChI=1S/C21H17BrClN3OS/c1-11-15(22)9-18(28-11)19-14(10-24)21(25)26(13-5-2-4-12(23)8-13)16-6-3-7-17(27)20(16)19/h2,4-5,8-9,19H,3,6-7,25H2,1H3. The number of nitrogens with two attached hydrogens (primary N) is 1. The number of anilines is 1. The second kappa shape index (κ2) is 7.40. The first kappa shape index (κ1) is 19.3. The topological polar surface area (TPSA) is 70.1 Å². The number of Topliss-reactive ketones (excluding diaryl/α,β-unsaturated/α-hetero) is 1. The number of rotatable bonds is 2. The van der Waals surface area contributed by atoms with Crippen molar-refractivity contribution in [2.75, 3.05) is 4.90 Å². The van der Waals surface area contributed by atoms with Crippen molar-refractivity contribution in [3.05, 3.63) is 72.2 Å². The molecule has 7 heteroatoms. The van der Waals surface area contributed by atoms with Crippen LogP contribution in [0.25, 0.3) is 0 Å². The number of aryl methyl sites for hydroxylation is 1. The summed E-state index contributed by atoms with van der Waals surface area (Å²) in [5.41, 5.74) is 9.26. The largest absolute Gasteiger partial charge is 0.384 e. The fourth-order valence-corrected chi connectivity index (χ4v) is 5.77. The minimum atomic E-state index is -0.418. The van der Waals surface area contributed by atoms with Gasteiger partial charge in [-0.25, -0.2) is 0 Å². The summed E-state index contributed by atoms with van der Waals surface area (Å²) in [7, 11) is 0. The summed E-state index contributed by atoms with van der Waals surface area (Å²) in [6.45, 7) is 2.01. The number of thiophene rings is 1. The minimum absolute atomic E-state index is 0.0840. The highest BCUT2D eigenvalue weighted by atomic mass is 79.9. The Morgan fingerprint density at radius 2 is 2.14 bits per heavy atom. The summed E-state index contributed by atoms with van der Waals surface area (Å²) < 4.78 is 0.978. The molecule has 1 unspecified atom stereocenters. The average Bonchev–Trinajstić information content (AvgIpc) is 2.99. The van der Waals surface area contributed by atoms with Gasteiger partial charge in [0, 0.05) is 42.6 Å². The molecule has 2 heterocycles. The van der Waals surface area contributed by atoms with Crippen LogP contribution >= 0.6 is 38.9 Å². The highest BCUT2D eigenvalue weighted by Crippen LogP contribution is 2.48. The van der Waals surface area contributed by atoms with Crippen LogP contribution in [-0.4, -0.2) is 5.78 Å². The van der Waals surface area contributed by atoms with E-state index in [1.54, 1.807) is 23.5 Å². The van der Waals surface area contributed by atoms with Crippen LogP contribution in [-0.2, 0) is 4.79 Å². The van der Waals surface area contributed by atoms with Crippen molar-refractivity contribution in [2.45, 2.75) is 32.1 Å². The molecule has 142 valence electrons. The molecule has 0 saturated heterocycles. The Bertz CT molecular complexity index is 1080. The van der Waals surface area contributed by atoms with Crippen LogP contribution in [0.3, 0.4) is 0 Å². The maximum absolute atomic E-state index is 13.0. The lowest BCUT2D eigenvalue weighted by atomic mass is 9.78. The molecule has 0 spiro atoms. The number of ketones is 1. The zero-order valence-electron chi connectivity index (χ0n) is 15.1. The molecule has 1 atom stereocenters. The van der Waals surface area contributed by atoms with E-state index in [0.29, 0.717) is 28.4 Å². The summed E-state index contributed by atoms with van der Waals surface area (Å²) in [5, 5.41) is 10.6. The van der Waals surface area contributed by atoms with Crippen LogP contribution in [0.2, 0.25) is 5.02 Å². The Morgan fingerprint density at radius 1 is 1.36 bits per heavy atom. The highest BCUT2D eigenvalue weighted by molar-refractivity contribution is 9.10. The molecule has 28 heavy (non-hydrogen) atoms. The van der Waals surface area contributed by atoms with Crippen molar-refractivity contribution in [1.29, 1.82) is 5.26 Å². The highest BCUT2D eigenvalue weighted by Gasteiger charge is 2.41. The molecule has 0 bridgehead atoms. The number of nitriles is 1. The van der Waals surface area contributed by atoms with E-state index in [4.69, 9.17) is 17.3 Å². The van der Waals surface area contributed by atoms with E-state index < -0.39 is 5.92 Å². The summed E-state index contributed by atoms with van der Waals surface area (Å²) in [6.07, 6.45) is 1.99. The lowest BCUT2D eigenvalue weighted by Gasteiger charge is -2.39. The van der Waals surface area contributed by atoms with E-state index in [0.717, 1.165) is 38.5 Å².